The van der Waals surface area contributed by atoms with Crippen LogP contribution >= 0.6 is 11.8 Å². The van der Waals surface area contributed by atoms with Gasteiger partial charge in [-0.3, -0.25) is 0 Å². The minimum atomic E-state index is -2.39. The van der Waals surface area contributed by atoms with Gasteiger partial charge in [0.1, 0.15) is 0 Å². The Hall–Kier alpha value is -1.79. The molecular weight excluding hydrogens is 346 g/mol. The lowest BCUT2D eigenvalue weighted by molar-refractivity contribution is 0.252. The zero-order valence-electron chi connectivity index (χ0n) is 15.1. The predicted molar refractivity (Wildman–Crippen MR) is 106 cm³/mol. The summed E-state index contributed by atoms with van der Waals surface area (Å²) in [5, 5.41) is 0. The van der Waals surface area contributed by atoms with Gasteiger partial charge in [-0.2, -0.15) is 8.78 Å². The molecule has 1 aliphatic rings. The highest BCUT2D eigenvalue weighted by molar-refractivity contribution is 7.99. The molecule has 0 N–H and O–H groups in total. The first-order valence-corrected chi connectivity index (χ1v) is 10.2. The van der Waals surface area contributed by atoms with Gasteiger partial charge in [0.25, 0.3) is 5.76 Å². The monoisotopic (exact) mass is 370 g/mol. The van der Waals surface area contributed by atoms with Crippen LogP contribution in [0.15, 0.2) is 53.4 Å². The first-order chi connectivity index (χ1) is 12.6. The smallest absolute Gasteiger partial charge is 0.198 e. The molecule has 0 amide bonds. The molecule has 0 aliphatic heterocycles. The van der Waals surface area contributed by atoms with Gasteiger partial charge in [0, 0.05) is 16.0 Å². The van der Waals surface area contributed by atoms with E-state index < -0.39 is 5.76 Å². The standard InChI is InChI=1S/C23H24F2S/c1-2-17-5-11-20(12-6-17)21-13-7-18(8-14-21)3-4-19-9-15-22(16-10-19)26-23(24)25/h7-10,13-17,20,23H,2,5-6,11-12H2,1H3/t17-,20-. The third-order valence-electron chi connectivity index (χ3n) is 5.24. The summed E-state index contributed by atoms with van der Waals surface area (Å²) in [5.41, 5.74) is 3.26. The topological polar surface area (TPSA) is 0 Å². The second-order valence-corrected chi connectivity index (χ2v) is 7.96. The lowest BCUT2D eigenvalue weighted by Crippen LogP contribution is -2.12. The fourth-order valence-corrected chi connectivity index (χ4v) is 4.11. The Kier molecular flexibility index (Phi) is 6.74. The normalized spacial score (nSPS) is 19.8. The van der Waals surface area contributed by atoms with E-state index in [1.165, 1.54) is 37.7 Å². The minimum absolute atomic E-state index is 0.557. The summed E-state index contributed by atoms with van der Waals surface area (Å²) in [6.45, 7) is 2.30. The van der Waals surface area contributed by atoms with E-state index in [2.05, 4.69) is 43.0 Å². The first kappa shape index (κ1) is 19.0. The second kappa shape index (κ2) is 9.24. The number of rotatable bonds is 4. The van der Waals surface area contributed by atoms with E-state index in [-0.39, 0.29) is 0 Å². The Labute approximate surface area is 159 Å². The van der Waals surface area contributed by atoms with Crippen molar-refractivity contribution in [3.05, 3.63) is 65.2 Å². The molecule has 0 bridgehead atoms. The van der Waals surface area contributed by atoms with Crippen LogP contribution in [-0.2, 0) is 0 Å². The summed E-state index contributed by atoms with van der Waals surface area (Å²) in [7, 11) is 0. The highest BCUT2D eigenvalue weighted by Gasteiger charge is 2.20. The maximum atomic E-state index is 12.3. The molecule has 0 spiro atoms. The van der Waals surface area contributed by atoms with E-state index in [0.29, 0.717) is 22.6 Å². The molecule has 0 saturated heterocycles. The van der Waals surface area contributed by atoms with Crippen LogP contribution < -0.4 is 0 Å². The van der Waals surface area contributed by atoms with Crippen molar-refractivity contribution < 1.29 is 8.78 Å². The van der Waals surface area contributed by atoms with Crippen LogP contribution in [0.2, 0.25) is 0 Å². The summed E-state index contributed by atoms with van der Waals surface area (Å²) in [6.07, 6.45) is 6.60. The summed E-state index contributed by atoms with van der Waals surface area (Å²) in [6, 6.07) is 15.6. The highest BCUT2D eigenvalue weighted by atomic mass is 32.2. The zero-order valence-corrected chi connectivity index (χ0v) is 15.9. The summed E-state index contributed by atoms with van der Waals surface area (Å²) in [5.74, 6) is 5.50. The lowest BCUT2D eigenvalue weighted by Gasteiger charge is -2.28. The molecule has 3 heteroatoms. The van der Waals surface area contributed by atoms with Crippen molar-refractivity contribution in [2.75, 3.05) is 0 Å². The molecule has 3 rings (SSSR count). The number of benzene rings is 2. The maximum absolute atomic E-state index is 12.3. The van der Waals surface area contributed by atoms with Crippen molar-refractivity contribution >= 4 is 11.8 Å². The molecule has 1 saturated carbocycles. The van der Waals surface area contributed by atoms with E-state index >= 15 is 0 Å². The highest BCUT2D eigenvalue weighted by Crippen LogP contribution is 2.36. The molecule has 0 radical (unpaired) electrons. The molecule has 1 aliphatic carbocycles. The summed E-state index contributed by atoms with van der Waals surface area (Å²) >= 11 is 0.557. The van der Waals surface area contributed by atoms with E-state index in [4.69, 9.17) is 0 Å². The minimum Gasteiger partial charge on any atom is -0.198 e. The molecule has 1 fully saturated rings. The van der Waals surface area contributed by atoms with Crippen LogP contribution in [0.25, 0.3) is 0 Å². The summed E-state index contributed by atoms with van der Waals surface area (Å²) < 4.78 is 24.7. The molecule has 0 unspecified atom stereocenters. The molecule has 2 aromatic carbocycles. The van der Waals surface area contributed by atoms with Crippen LogP contribution in [0.4, 0.5) is 8.78 Å². The van der Waals surface area contributed by atoms with Gasteiger partial charge < -0.3 is 0 Å². The summed E-state index contributed by atoms with van der Waals surface area (Å²) in [4.78, 5) is 0.563. The number of alkyl halides is 2. The molecular formula is C23H24F2S. The SMILES string of the molecule is CC[C@H]1CC[C@H](c2ccc(C#Cc3ccc(SC(F)F)cc3)cc2)CC1. The molecule has 0 atom stereocenters. The molecule has 0 nitrogen and oxygen atoms in total. The Morgan fingerprint density at radius 3 is 1.92 bits per heavy atom. The van der Waals surface area contributed by atoms with Crippen LogP contribution in [0.3, 0.4) is 0 Å². The average molecular weight is 371 g/mol. The predicted octanol–water partition coefficient (Wildman–Crippen LogP) is 7.08. The zero-order chi connectivity index (χ0) is 18.4. The van der Waals surface area contributed by atoms with E-state index in [1.807, 2.05) is 0 Å². The van der Waals surface area contributed by atoms with Crippen LogP contribution in [0.1, 0.15) is 61.6 Å². The maximum Gasteiger partial charge on any atom is 0.288 e. The molecule has 2 aromatic rings. The largest absolute Gasteiger partial charge is 0.288 e. The van der Waals surface area contributed by atoms with Gasteiger partial charge >= 0.3 is 0 Å². The van der Waals surface area contributed by atoms with Crippen molar-refractivity contribution in [3.63, 3.8) is 0 Å². The van der Waals surface area contributed by atoms with E-state index in [1.54, 1.807) is 24.3 Å². The Bertz CT molecular complexity index is 746. The molecule has 26 heavy (non-hydrogen) atoms. The molecule has 136 valence electrons. The second-order valence-electron chi connectivity index (χ2n) is 6.90. The van der Waals surface area contributed by atoms with Gasteiger partial charge in [-0.05, 0) is 79.5 Å². The Morgan fingerprint density at radius 1 is 0.885 bits per heavy atom. The van der Waals surface area contributed by atoms with E-state index in [0.717, 1.165) is 17.0 Å². The number of thioether (sulfide) groups is 1. The molecule has 0 heterocycles. The van der Waals surface area contributed by atoms with Crippen molar-refractivity contribution in [2.24, 2.45) is 5.92 Å². The van der Waals surface area contributed by atoms with Crippen molar-refractivity contribution in [1.29, 1.82) is 0 Å². The number of hydrogen-bond acceptors (Lipinski definition) is 1. The number of hydrogen-bond donors (Lipinski definition) is 0. The van der Waals surface area contributed by atoms with E-state index in [9.17, 15) is 8.78 Å². The van der Waals surface area contributed by atoms with Gasteiger partial charge in [-0.1, -0.05) is 49.1 Å². The van der Waals surface area contributed by atoms with Crippen LogP contribution in [-0.4, -0.2) is 5.76 Å². The van der Waals surface area contributed by atoms with Crippen LogP contribution in [0, 0.1) is 17.8 Å². The van der Waals surface area contributed by atoms with Crippen molar-refractivity contribution in [3.8, 4) is 11.8 Å². The van der Waals surface area contributed by atoms with Crippen molar-refractivity contribution in [1.82, 2.24) is 0 Å². The average Bonchev–Trinajstić information content (AvgIpc) is 2.67. The van der Waals surface area contributed by atoms with Gasteiger partial charge in [0.15, 0.2) is 0 Å². The van der Waals surface area contributed by atoms with Gasteiger partial charge in [-0.15, -0.1) is 0 Å². The number of halogens is 2. The van der Waals surface area contributed by atoms with Crippen LogP contribution in [0.5, 0.6) is 0 Å². The fourth-order valence-electron chi connectivity index (χ4n) is 3.61. The third kappa shape index (κ3) is 5.35. The lowest BCUT2D eigenvalue weighted by atomic mass is 9.78. The Morgan fingerprint density at radius 2 is 1.42 bits per heavy atom. The molecule has 0 aromatic heterocycles. The van der Waals surface area contributed by atoms with Gasteiger partial charge in [0.2, 0.25) is 0 Å². The van der Waals surface area contributed by atoms with Gasteiger partial charge in [-0.25, -0.2) is 0 Å². The van der Waals surface area contributed by atoms with Crippen molar-refractivity contribution in [2.45, 2.75) is 55.6 Å². The first-order valence-electron chi connectivity index (χ1n) is 9.31. The van der Waals surface area contributed by atoms with Gasteiger partial charge in [0.05, 0.1) is 0 Å². The fraction of sp³-hybridized carbons (Fsp3) is 0.391. The third-order valence-corrected chi connectivity index (χ3v) is 5.96. The quantitative estimate of drug-likeness (QED) is 0.409. The Balaban J connectivity index is 1.60.